The van der Waals surface area contributed by atoms with E-state index in [4.69, 9.17) is 4.74 Å². The van der Waals surface area contributed by atoms with Crippen LogP contribution in [0, 0.1) is 11.8 Å². The van der Waals surface area contributed by atoms with Crippen molar-refractivity contribution in [1.82, 2.24) is 18.6 Å². The first-order valence-electron chi connectivity index (χ1n) is 8.21. The van der Waals surface area contributed by atoms with Crippen LogP contribution in [0.2, 0.25) is 0 Å². The molecule has 4 heterocycles. The molecule has 1 aromatic rings. The quantitative estimate of drug-likeness (QED) is 0.700. The summed E-state index contributed by atoms with van der Waals surface area (Å²) in [6.07, 6.45) is 5.73. The summed E-state index contributed by atoms with van der Waals surface area (Å²) < 4.78 is 60.3. The number of imidazole rings is 1. The van der Waals surface area contributed by atoms with Crippen LogP contribution in [0.1, 0.15) is 12.8 Å². The van der Waals surface area contributed by atoms with Gasteiger partial charge < -0.3 is 9.30 Å². The van der Waals surface area contributed by atoms with Gasteiger partial charge >= 0.3 is 0 Å². The molecule has 1 N–H and O–H groups in total. The molecule has 3 saturated heterocycles. The Bertz CT molecular complexity index is 896. The number of ether oxygens (including phenoxy) is 1. The molecule has 3 aliphatic heterocycles. The summed E-state index contributed by atoms with van der Waals surface area (Å²) in [5.41, 5.74) is -0.490. The topological polar surface area (TPSA) is 111 Å². The second-order valence-corrected chi connectivity index (χ2v) is 11.0. The van der Waals surface area contributed by atoms with Crippen molar-refractivity contribution in [3.8, 4) is 0 Å². The number of rotatable bonds is 5. The molecule has 11 heteroatoms. The Balaban J connectivity index is 1.57. The molecule has 0 radical (unpaired) electrons. The zero-order valence-corrected chi connectivity index (χ0v) is 15.8. The molecule has 0 saturated carbocycles. The number of nitrogens with one attached hydrogen (secondary N) is 1. The van der Waals surface area contributed by atoms with Crippen LogP contribution in [-0.4, -0.2) is 68.3 Å². The number of nitrogens with zero attached hydrogens (tertiary/aromatic N) is 3. The van der Waals surface area contributed by atoms with E-state index in [2.05, 4.69) is 9.71 Å². The highest BCUT2D eigenvalue weighted by molar-refractivity contribution is 7.89. The molecule has 0 unspecified atom stereocenters. The third kappa shape index (κ3) is 2.81. The van der Waals surface area contributed by atoms with Crippen molar-refractivity contribution < 1.29 is 21.6 Å². The molecule has 3 aliphatic rings. The SMILES string of the molecule is Cn1cnc(S(=O)(=O)N2C[C@@H]3[C@H](CNS(C)(=O)=O)[C@H]4CC[C@]3(C2)O4)c1. The first-order chi connectivity index (χ1) is 11.6. The highest BCUT2D eigenvalue weighted by Crippen LogP contribution is 2.55. The summed E-state index contributed by atoms with van der Waals surface area (Å²) in [6, 6.07) is 0. The number of hydrogen-bond donors (Lipinski definition) is 1. The standard InChI is InChI=1S/C14H22N4O5S2/c1-17-7-13(15-9-17)25(21,22)18-6-11-10(5-16-24(2,19)20)12-3-4-14(11,8-18)23-12/h7,9-12,16H,3-6,8H2,1-2H3/t10-,11+,12+,14+/m0/s1. The lowest BCUT2D eigenvalue weighted by atomic mass is 9.74. The van der Waals surface area contributed by atoms with Gasteiger partial charge in [0.2, 0.25) is 10.0 Å². The van der Waals surface area contributed by atoms with E-state index in [9.17, 15) is 16.8 Å². The van der Waals surface area contributed by atoms with Crippen molar-refractivity contribution >= 4 is 20.0 Å². The lowest BCUT2D eigenvalue weighted by molar-refractivity contribution is 0.00803. The van der Waals surface area contributed by atoms with Gasteiger partial charge in [0, 0.05) is 44.7 Å². The van der Waals surface area contributed by atoms with E-state index >= 15 is 0 Å². The second kappa shape index (κ2) is 5.49. The summed E-state index contributed by atoms with van der Waals surface area (Å²) in [5, 5.41) is 0.0340. The van der Waals surface area contributed by atoms with Crippen molar-refractivity contribution in [2.45, 2.75) is 29.6 Å². The third-order valence-electron chi connectivity index (χ3n) is 5.62. The van der Waals surface area contributed by atoms with Gasteiger partial charge in [0.15, 0.2) is 5.03 Å². The van der Waals surface area contributed by atoms with E-state index in [1.807, 2.05) is 0 Å². The normalized spacial score (nSPS) is 35.4. The summed E-state index contributed by atoms with van der Waals surface area (Å²) >= 11 is 0. The fourth-order valence-corrected chi connectivity index (χ4v) is 6.49. The minimum Gasteiger partial charge on any atom is -0.370 e. The second-order valence-electron chi connectivity index (χ2n) is 7.33. The van der Waals surface area contributed by atoms with E-state index in [0.29, 0.717) is 13.1 Å². The van der Waals surface area contributed by atoms with Gasteiger partial charge in [0.1, 0.15) is 0 Å². The van der Waals surface area contributed by atoms with Crippen molar-refractivity contribution in [3.63, 3.8) is 0 Å². The van der Waals surface area contributed by atoms with Gasteiger partial charge in [-0.05, 0) is 12.8 Å². The highest BCUT2D eigenvalue weighted by Gasteiger charge is 2.64. The highest BCUT2D eigenvalue weighted by atomic mass is 32.2. The van der Waals surface area contributed by atoms with Crippen LogP contribution in [0.4, 0.5) is 0 Å². The molecule has 4 atom stereocenters. The molecule has 140 valence electrons. The number of fused-ring (bicyclic) bond motifs is 1. The molecule has 0 amide bonds. The maximum atomic E-state index is 12.9. The minimum atomic E-state index is -3.67. The predicted octanol–water partition coefficient (Wildman–Crippen LogP) is -0.863. The maximum absolute atomic E-state index is 12.9. The van der Waals surface area contributed by atoms with Crippen LogP contribution in [0.3, 0.4) is 0 Å². The van der Waals surface area contributed by atoms with Gasteiger partial charge in [-0.3, -0.25) is 0 Å². The Morgan fingerprint density at radius 2 is 2.16 bits per heavy atom. The summed E-state index contributed by atoms with van der Waals surface area (Å²) in [4.78, 5) is 3.97. The lowest BCUT2D eigenvalue weighted by Crippen LogP contribution is -2.41. The molecule has 0 aromatic carbocycles. The molecule has 25 heavy (non-hydrogen) atoms. The molecule has 4 rings (SSSR count). The Morgan fingerprint density at radius 1 is 1.40 bits per heavy atom. The predicted molar refractivity (Wildman–Crippen MR) is 88.6 cm³/mol. The lowest BCUT2D eigenvalue weighted by Gasteiger charge is -2.29. The van der Waals surface area contributed by atoms with Crippen LogP contribution in [0.5, 0.6) is 0 Å². The van der Waals surface area contributed by atoms with Gasteiger partial charge in [0.25, 0.3) is 10.0 Å². The fraction of sp³-hybridized carbons (Fsp3) is 0.786. The van der Waals surface area contributed by atoms with Crippen LogP contribution in [-0.2, 0) is 31.8 Å². The van der Waals surface area contributed by atoms with E-state index in [1.165, 1.54) is 16.8 Å². The van der Waals surface area contributed by atoms with Crippen LogP contribution in [0.25, 0.3) is 0 Å². The van der Waals surface area contributed by atoms with E-state index in [0.717, 1.165) is 19.1 Å². The Kier molecular flexibility index (Phi) is 3.82. The third-order valence-corrected chi connectivity index (χ3v) is 8.01. The van der Waals surface area contributed by atoms with Crippen molar-refractivity contribution in [3.05, 3.63) is 12.5 Å². The zero-order chi connectivity index (χ0) is 18.0. The van der Waals surface area contributed by atoms with Crippen LogP contribution in [0.15, 0.2) is 17.6 Å². The number of aromatic nitrogens is 2. The van der Waals surface area contributed by atoms with Gasteiger partial charge in [-0.1, -0.05) is 0 Å². The van der Waals surface area contributed by atoms with Crippen LogP contribution < -0.4 is 4.72 Å². The first-order valence-corrected chi connectivity index (χ1v) is 11.5. The van der Waals surface area contributed by atoms with Crippen LogP contribution >= 0.6 is 0 Å². The summed E-state index contributed by atoms with van der Waals surface area (Å²) in [6.45, 7) is 0.932. The Morgan fingerprint density at radius 3 is 2.80 bits per heavy atom. The minimum absolute atomic E-state index is 0.000938. The Hall–Kier alpha value is -1.01. The average Bonchev–Trinajstić information content (AvgIpc) is 3.22. The number of aryl methyl sites for hydroxylation is 1. The number of hydrogen-bond acceptors (Lipinski definition) is 6. The molecule has 0 aliphatic carbocycles. The molecule has 1 spiro atoms. The van der Waals surface area contributed by atoms with E-state index in [1.54, 1.807) is 11.6 Å². The van der Waals surface area contributed by atoms with Crippen molar-refractivity contribution in [2.75, 3.05) is 25.9 Å². The summed E-state index contributed by atoms with van der Waals surface area (Å²) in [7, 11) is -5.24. The van der Waals surface area contributed by atoms with Gasteiger partial charge in [-0.2, -0.15) is 4.31 Å². The van der Waals surface area contributed by atoms with Gasteiger partial charge in [0.05, 0.1) is 24.3 Å². The molecule has 1 aromatic heterocycles. The monoisotopic (exact) mass is 390 g/mol. The average molecular weight is 390 g/mol. The van der Waals surface area contributed by atoms with E-state index < -0.39 is 25.6 Å². The molecule has 2 bridgehead atoms. The molecule has 9 nitrogen and oxygen atoms in total. The fourth-order valence-electron chi connectivity index (χ4n) is 4.51. The van der Waals surface area contributed by atoms with E-state index in [-0.39, 0.29) is 29.5 Å². The molecule has 3 fully saturated rings. The molecular weight excluding hydrogens is 368 g/mol. The van der Waals surface area contributed by atoms with Gasteiger partial charge in [-0.25, -0.2) is 26.5 Å². The van der Waals surface area contributed by atoms with Crippen molar-refractivity contribution in [1.29, 1.82) is 0 Å². The number of sulfonamides is 2. The Labute approximate surface area is 147 Å². The first kappa shape index (κ1) is 17.4. The molecular formula is C14H22N4O5S2. The van der Waals surface area contributed by atoms with Crippen molar-refractivity contribution in [2.24, 2.45) is 18.9 Å². The summed E-state index contributed by atoms with van der Waals surface area (Å²) in [5.74, 6) is -0.00797. The smallest absolute Gasteiger partial charge is 0.262 e. The van der Waals surface area contributed by atoms with Gasteiger partial charge in [-0.15, -0.1) is 0 Å². The zero-order valence-electron chi connectivity index (χ0n) is 14.1. The largest absolute Gasteiger partial charge is 0.370 e. The maximum Gasteiger partial charge on any atom is 0.262 e.